The van der Waals surface area contributed by atoms with E-state index >= 15 is 0 Å². The van der Waals surface area contributed by atoms with Crippen molar-refractivity contribution in [2.75, 3.05) is 5.75 Å². The number of aromatic nitrogens is 2. The zero-order valence-corrected chi connectivity index (χ0v) is 14.9. The second-order valence-corrected chi connectivity index (χ2v) is 6.56. The summed E-state index contributed by atoms with van der Waals surface area (Å²) >= 11 is 4.25. The molecule has 0 aromatic carbocycles. The highest BCUT2D eigenvalue weighted by molar-refractivity contribution is 7.80. The molecule has 2 aromatic rings. The Bertz CT molecular complexity index is 525. The minimum Gasteiger partial charge on any atom is -0.265 e. The maximum absolute atomic E-state index is 4.25. The highest BCUT2D eigenvalue weighted by atomic mass is 32.1. The van der Waals surface area contributed by atoms with Gasteiger partial charge in [-0.25, -0.2) is 4.57 Å². The van der Waals surface area contributed by atoms with Gasteiger partial charge in [0.25, 0.3) is 0 Å². The van der Waals surface area contributed by atoms with Gasteiger partial charge in [-0.1, -0.05) is 32.1 Å². The minimum atomic E-state index is 1.04. The summed E-state index contributed by atoms with van der Waals surface area (Å²) in [5.74, 6) is 1.04. The first-order valence-electron chi connectivity index (χ1n) is 8.90. The number of aryl methyl sites for hydroxylation is 1. The van der Waals surface area contributed by atoms with E-state index in [2.05, 4.69) is 58.8 Å². The van der Waals surface area contributed by atoms with Gasteiger partial charge in [-0.3, -0.25) is 4.98 Å². The number of pyridine rings is 2. The summed E-state index contributed by atoms with van der Waals surface area (Å²) in [6, 6.07) is 8.49. The van der Waals surface area contributed by atoms with Gasteiger partial charge >= 0.3 is 0 Å². The summed E-state index contributed by atoms with van der Waals surface area (Å²) in [7, 11) is 0. The Balaban J connectivity index is 1.60. The van der Waals surface area contributed by atoms with Gasteiger partial charge in [-0.05, 0) is 41.9 Å². The molecule has 124 valence electrons. The summed E-state index contributed by atoms with van der Waals surface area (Å²) in [4.78, 5) is 4.07. The predicted octanol–water partition coefficient (Wildman–Crippen LogP) is 5.09. The summed E-state index contributed by atoms with van der Waals surface area (Å²) in [6.45, 7) is 1.12. The molecular formula is C20H29N2S+. The first kappa shape index (κ1) is 18.0. The van der Waals surface area contributed by atoms with E-state index in [0.717, 1.165) is 12.3 Å². The average molecular weight is 330 g/mol. The molecule has 0 fully saturated rings. The third kappa shape index (κ3) is 7.17. The number of unbranched alkanes of at least 4 members (excludes halogenated alkanes) is 7. The molecule has 0 amide bonds. The molecule has 0 spiro atoms. The van der Waals surface area contributed by atoms with Crippen LogP contribution in [0, 0.1) is 0 Å². The van der Waals surface area contributed by atoms with Gasteiger partial charge in [0.1, 0.15) is 6.54 Å². The molecule has 0 radical (unpaired) electrons. The number of rotatable bonds is 11. The Kier molecular flexibility index (Phi) is 8.78. The molecule has 2 rings (SSSR count). The van der Waals surface area contributed by atoms with Crippen LogP contribution in [0.2, 0.25) is 0 Å². The Morgan fingerprint density at radius 3 is 1.83 bits per heavy atom. The van der Waals surface area contributed by atoms with Gasteiger partial charge in [0.15, 0.2) is 12.4 Å². The fraction of sp³-hybridized carbons (Fsp3) is 0.500. The Morgan fingerprint density at radius 1 is 0.696 bits per heavy atom. The second kappa shape index (κ2) is 11.2. The van der Waals surface area contributed by atoms with Crippen molar-refractivity contribution < 1.29 is 4.57 Å². The summed E-state index contributed by atoms with van der Waals surface area (Å²) in [5, 5.41) is 0. The van der Waals surface area contributed by atoms with Crippen molar-refractivity contribution in [3.8, 4) is 11.1 Å². The van der Waals surface area contributed by atoms with Crippen LogP contribution in [0.3, 0.4) is 0 Å². The van der Waals surface area contributed by atoms with E-state index in [0.29, 0.717) is 0 Å². The predicted molar refractivity (Wildman–Crippen MR) is 101 cm³/mol. The lowest BCUT2D eigenvalue weighted by Crippen LogP contribution is -2.32. The Hall–Kier alpha value is -1.35. The highest BCUT2D eigenvalue weighted by Crippen LogP contribution is 2.15. The molecule has 0 saturated carbocycles. The van der Waals surface area contributed by atoms with Gasteiger partial charge in [-0.2, -0.15) is 12.6 Å². The molecule has 0 aliphatic carbocycles. The van der Waals surface area contributed by atoms with Crippen LogP contribution in [0.5, 0.6) is 0 Å². The molecular weight excluding hydrogens is 300 g/mol. The summed E-state index contributed by atoms with van der Waals surface area (Å²) in [6.07, 6.45) is 18.8. The van der Waals surface area contributed by atoms with Crippen molar-refractivity contribution in [2.24, 2.45) is 0 Å². The first-order valence-corrected chi connectivity index (χ1v) is 9.54. The summed E-state index contributed by atoms with van der Waals surface area (Å²) < 4.78 is 2.29. The van der Waals surface area contributed by atoms with Gasteiger partial charge in [0.05, 0.1) is 0 Å². The van der Waals surface area contributed by atoms with Crippen LogP contribution < -0.4 is 4.57 Å². The van der Waals surface area contributed by atoms with Crippen molar-refractivity contribution in [3.63, 3.8) is 0 Å². The minimum absolute atomic E-state index is 1.04. The molecule has 2 heterocycles. The van der Waals surface area contributed by atoms with Crippen LogP contribution >= 0.6 is 12.6 Å². The van der Waals surface area contributed by atoms with Crippen LogP contribution in [0.25, 0.3) is 11.1 Å². The summed E-state index contributed by atoms with van der Waals surface area (Å²) in [5.41, 5.74) is 2.48. The SMILES string of the molecule is SCCCCCCCCCC[n+]1ccc(-c2ccncc2)cc1. The molecule has 0 aliphatic heterocycles. The average Bonchev–Trinajstić information content (AvgIpc) is 2.62. The van der Waals surface area contributed by atoms with Crippen LogP contribution in [-0.4, -0.2) is 10.7 Å². The van der Waals surface area contributed by atoms with E-state index in [4.69, 9.17) is 0 Å². The third-order valence-corrected chi connectivity index (χ3v) is 4.55. The topological polar surface area (TPSA) is 16.8 Å². The molecule has 3 heteroatoms. The van der Waals surface area contributed by atoms with E-state index in [-0.39, 0.29) is 0 Å². The molecule has 2 aromatic heterocycles. The zero-order valence-electron chi connectivity index (χ0n) is 14.0. The number of hydrogen-bond acceptors (Lipinski definition) is 2. The van der Waals surface area contributed by atoms with Gasteiger partial charge in [-0.15, -0.1) is 0 Å². The standard InChI is InChI=1S/C20H28N2S/c23-18-8-6-4-2-1-3-5-7-15-22-16-11-20(12-17-22)19-9-13-21-14-10-19/h9-14,16-17H,1-8,15,18H2/p+1. The lowest BCUT2D eigenvalue weighted by atomic mass is 10.1. The van der Waals surface area contributed by atoms with Gasteiger partial charge in [0.2, 0.25) is 0 Å². The van der Waals surface area contributed by atoms with E-state index in [9.17, 15) is 0 Å². The molecule has 0 aliphatic rings. The monoisotopic (exact) mass is 329 g/mol. The lowest BCUT2D eigenvalue weighted by Gasteiger charge is -2.02. The molecule has 0 unspecified atom stereocenters. The second-order valence-electron chi connectivity index (χ2n) is 6.11. The van der Waals surface area contributed by atoms with Crippen LogP contribution in [0.1, 0.15) is 51.4 Å². The fourth-order valence-electron chi connectivity index (χ4n) is 2.81. The quantitative estimate of drug-likeness (QED) is 0.345. The molecule has 0 bridgehead atoms. The van der Waals surface area contributed by atoms with E-state index in [1.165, 1.54) is 62.5 Å². The lowest BCUT2D eigenvalue weighted by molar-refractivity contribution is -0.697. The van der Waals surface area contributed by atoms with Crippen LogP contribution in [0.15, 0.2) is 49.1 Å². The third-order valence-electron chi connectivity index (χ3n) is 4.23. The number of hydrogen-bond donors (Lipinski definition) is 1. The smallest absolute Gasteiger partial charge is 0.169 e. The van der Waals surface area contributed by atoms with Crippen molar-refractivity contribution in [3.05, 3.63) is 49.1 Å². The van der Waals surface area contributed by atoms with Crippen molar-refractivity contribution >= 4 is 12.6 Å². The van der Waals surface area contributed by atoms with Crippen molar-refractivity contribution in [1.82, 2.24) is 4.98 Å². The Morgan fingerprint density at radius 2 is 1.22 bits per heavy atom. The number of thiol groups is 1. The maximum Gasteiger partial charge on any atom is 0.169 e. The molecule has 2 nitrogen and oxygen atoms in total. The highest BCUT2D eigenvalue weighted by Gasteiger charge is 2.02. The van der Waals surface area contributed by atoms with Crippen molar-refractivity contribution in [2.45, 2.75) is 57.9 Å². The molecule has 23 heavy (non-hydrogen) atoms. The maximum atomic E-state index is 4.25. The van der Waals surface area contributed by atoms with E-state index in [1.807, 2.05) is 12.4 Å². The number of nitrogens with zero attached hydrogens (tertiary/aromatic N) is 2. The van der Waals surface area contributed by atoms with E-state index < -0.39 is 0 Å². The van der Waals surface area contributed by atoms with Gasteiger partial charge < -0.3 is 0 Å². The van der Waals surface area contributed by atoms with Crippen molar-refractivity contribution in [1.29, 1.82) is 0 Å². The normalized spacial score (nSPS) is 10.8. The fourth-order valence-corrected chi connectivity index (χ4v) is 3.03. The molecule has 0 N–H and O–H groups in total. The Labute approximate surface area is 146 Å². The first-order chi connectivity index (χ1) is 11.4. The molecule has 0 saturated heterocycles. The zero-order chi connectivity index (χ0) is 16.2. The van der Waals surface area contributed by atoms with Gasteiger partial charge in [0, 0.05) is 30.9 Å². The van der Waals surface area contributed by atoms with Crippen LogP contribution in [-0.2, 0) is 6.54 Å². The molecule has 0 atom stereocenters. The van der Waals surface area contributed by atoms with E-state index in [1.54, 1.807) is 0 Å². The largest absolute Gasteiger partial charge is 0.265 e. The van der Waals surface area contributed by atoms with Crippen LogP contribution in [0.4, 0.5) is 0 Å².